The summed E-state index contributed by atoms with van der Waals surface area (Å²) in [7, 11) is 0. The average Bonchev–Trinajstić information content (AvgIpc) is 2.67. The highest BCUT2D eigenvalue weighted by Crippen LogP contribution is 2.29. The number of rotatable bonds is 2. The highest BCUT2D eigenvalue weighted by molar-refractivity contribution is 5.89. The first-order valence-corrected chi connectivity index (χ1v) is 9.04. The number of anilines is 1. The Hall–Kier alpha value is -2.42. The van der Waals surface area contributed by atoms with Crippen LogP contribution < -0.4 is 4.90 Å². The number of aryl methyl sites for hydroxylation is 1. The van der Waals surface area contributed by atoms with Crippen molar-refractivity contribution in [2.75, 3.05) is 37.7 Å². The van der Waals surface area contributed by atoms with E-state index in [2.05, 4.69) is 15.0 Å². The highest BCUT2D eigenvalue weighted by atomic mass is 19.3. The lowest BCUT2D eigenvalue weighted by molar-refractivity contribution is -0.150. The second kappa shape index (κ2) is 6.95. The molecule has 0 saturated carbocycles. The number of likely N-dealkylation sites (tertiary alicyclic amines) is 1. The van der Waals surface area contributed by atoms with Crippen molar-refractivity contribution in [1.82, 2.24) is 19.9 Å². The minimum absolute atomic E-state index is 0.0624. The first-order chi connectivity index (χ1) is 12.9. The smallest absolute Gasteiger partial charge is 0.253 e. The van der Waals surface area contributed by atoms with E-state index in [0.717, 1.165) is 16.7 Å². The van der Waals surface area contributed by atoms with E-state index in [4.69, 9.17) is 4.74 Å². The Morgan fingerprint density at radius 3 is 2.81 bits per heavy atom. The van der Waals surface area contributed by atoms with Crippen molar-refractivity contribution in [3.05, 3.63) is 24.3 Å². The van der Waals surface area contributed by atoms with Gasteiger partial charge in [0, 0.05) is 44.1 Å². The first-order valence-electron chi connectivity index (χ1n) is 9.04. The molecule has 2 fully saturated rings. The summed E-state index contributed by atoms with van der Waals surface area (Å²) in [5, 5.41) is 0.862. The maximum Gasteiger partial charge on any atom is 0.253 e. The largest absolute Gasteiger partial charge is 0.365 e. The molecule has 2 aromatic rings. The lowest BCUT2D eigenvalue weighted by Gasteiger charge is -2.38. The summed E-state index contributed by atoms with van der Waals surface area (Å²) in [4.78, 5) is 29.3. The van der Waals surface area contributed by atoms with Crippen molar-refractivity contribution in [3.63, 3.8) is 0 Å². The van der Waals surface area contributed by atoms with Crippen LogP contribution in [0.3, 0.4) is 0 Å². The van der Waals surface area contributed by atoms with Crippen LogP contribution >= 0.6 is 0 Å². The molecule has 4 rings (SSSR count). The Morgan fingerprint density at radius 2 is 2.04 bits per heavy atom. The van der Waals surface area contributed by atoms with E-state index in [9.17, 15) is 13.6 Å². The lowest BCUT2D eigenvalue weighted by Crippen LogP contribution is -2.53. The summed E-state index contributed by atoms with van der Waals surface area (Å²) in [6.45, 7) is 3.23. The van der Waals surface area contributed by atoms with Gasteiger partial charge in [-0.15, -0.1) is 0 Å². The molecule has 1 unspecified atom stereocenters. The summed E-state index contributed by atoms with van der Waals surface area (Å²) in [6, 6.07) is 1.85. The van der Waals surface area contributed by atoms with Gasteiger partial charge in [-0.2, -0.15) is 0 Å². The van der Waals surface area contributed by atoms with Crippen LogP contribution in [0.1, 0.15) is 18.7 Å². The summed E-state index contributed by atoms with van der Waals surface area (Å²) < 4.78 is 32.4. The molecule has 0 bridgehead atoms. The number of nitrogens with zero attached hydrogens (tertiary/aromatic N) is 5. The number of aromatic nitrogens is 3. The van der Waals surface area contributed by atoms with Crippen LogP contribution in [0.25, 0.3) is 10.9 Å². The summed E-state index contributed by atoms with van der Waals surface area (Å²) >= 11 is 0. The van der Waals surface area contributed by atoms with E-state index in [1.807, 2.05) is 17.9 Å². The third kappa shape index (κ3) is 3.69. The number of ether oxygens (including phenoxy) is 1. The van der Waals surface area contributed by atoms with Crippen LogP contribution in [0.4, 0.5) is 14.6 Å². The van der Waals surface area contributed by atoms with Crippen LogP contribution in [0.15, 0.2) is 18.5 Å². The van der Waals surface area contributed by atoms with Crippen molar-refractivity contribution in [2.45, 2.75) is 31.8 Å². The number of alkyl halides is 2. The third-order valence-electron chi connectivity index (χ3n) is 5.04. The molecule has 0 aliphatic carbocycles. The molecule has 1 atom stereocenters. The summed E-state index contributed by atoms with van der Waals surface area (Å²) in [6.07, 6.45) is 2.10. The molecule has 2 saturated heterocycles. The van der Waals surface area contributed by atoms with Crippen LogP contribution in [0, 0.1) is 6.92 Å². The molecule has 0 radical (unpaired) electrons. The fourth-order valence-corrected chi connectivity index (χ4v) is 3.57. The minimum atomic E-state index is -2.68. The predicted molar refractivity (Wildman–Crippen MR) is 94.8 cm³/mol. The van der Waals surface area contributed by atoms with Gasteiger partial charge in [0.25, 0.3) is 11.8 Å². The van der Waals surface area contributed by atoms with Crippen molar-refractivity contribution in [3.8, 4) is 0 Å². The van der Waals surface area contributed by atoms with Gasteiger partial charge < -0.3 is 14.5 Å². The van der Waals surface area contributed by atoms with Crippen LogP contribution in [0.5, 0.6) is 0 Å². The van der Waals surface area contributed by atoms with Crippen molar-refractivity contribution in [1.29, 1.82) is 0 Å². The molecular formula is C18H21F2N5O2. The molecule has 7 nitrogen and oxygen atoms in total. The van der Waals surface area contributed by atoms with Crippen LogP contribution in [0.2, 0.25) is 0 Å². The number of amides is 1. The van der Waals surface area contributed by atoms with E-state index < -0.39 is 12.0 Å². The van der Waals surface area contributed by atoms with Gasteiger partial charge in [-0.25, -0.2) is 18.7 Å². The number of carbonyl (C=O) groups excluding carboxylic acids is 1. The topological polar surface area (TPSA) is 71.5 Å². The highest BCUT2D eigenvalue weighted by Gasteiger charge is 2.38. The summed E-state index contributed by atoms with van der Waals surface area (Å²) in [5.74, 6) is -1.54. The van der Waals surface area contributed by atoms with Gasteiger partial charge in [-0.3, -0.25) is 9.78 Å². The Bertz CT molecular complexity index is 853. The average molecular weight is 377 g/mol. The minimum Gasteiger partial charge on any atom is -0.365 e. The summed E-state index contributed by atoms with van der Waals surface area (Å²) in [5.41, 5.74) is 0.743. The van der Waals surface area contributed by atoms with E-state index in [1.165, 1.54) is 4.90 Å². The van der Waals surface area contributed by atoms with Crippen LogP contribution in [-0.2, 0) is 9.53 Å². The number of hydrogen-bond acceptors (Lipinski definition) is 6. The lowest BCUT2D eigenvalue weighted by atomic mass is 10.1. The number of fused-ring (bicyclic) bond motifs is 1. The molecular weight excluding hydrogens is 356 g/mol. The molecule has 0 aromatic carbocycles. The molecule has 0 spiro atoms. The first kappa shape index (κ1) is 18.0. The molecule has 2 aliphatic heterocycles. The van der Waals surface area contributed by atoms with Crippen molar-refractivity contribution in [2.24, 2.45) is 0 Å². The molecule has 1 amide bonds. The number of halogens is 2. The molecule has 4 heterocycles. The standard InChI is InChI=1S/C18H21F2N5O2/c1-12-22-14-10-21-5-2-13(14)16(23-12)25-8-9-27-15(11-25)17(26)24-6-3-18(19,20)4-7-24/h2,5,10,15H,3-4,6-9,11H2,1H3. The van der Waals surface area contributed by atoms with Gasteiger partial charge in [0.05, 0.1) is 24.9 Å². The maximum atomic E-state index is 13.4. The van der Waals surface area contributed by atoms with Gasteiger partial charge in [-0.05, 0) is 13.0 Å². The zero-order valence-corrected chi connectivity index (χ0v) is 15.1. The number of piperidine rings is 1. The molecule has 9 heteroatoms. The van der Waals surface area contributed by atoms with Crippen molar-refractivity contribution < 1.29 is 18.3 Å². The second-order valence-corrected chi connectivity index (χ2v) is 6.97. The maximum absolute atomic E-state index is 13.4. The second-order valence-electron chi connectivity index (χ2n) is 6.97. The van der Waals surface area contributed by atoms with Gasteiger partial charge in [0.15, 0.2) is 6.10 Å². The number of hydrogen-bond donors (Lipinski definition) is 0. The molecule has 2 aromatic heterocycles. The normalized spacial score (nSPS) is 22.9. The molecule has 27 heavy (non-hydrogen) atoms. The van der Waals surface area contributed by atoms with Gasteiger partial charge >= 0.3 is 0 Å². The quantitative estimate of drug-likeness (QED) is 0.795. The zero-order valence-electron chi connectivity index (χ0n) is 15.1. The SMILES string of the molecule is Cc1nc(N2CCOC(C(=O)N3CCC(F)(F)CC3)C2)c2ccncc2n1. The Labute approximate surface area is 155 Å². The van der Waals surface area contributed by atoms with E-state index in [1.54, 1.807) is 12.4 Å². The van der Waals surface area contributed by atoms with Crippen LogP contribution in [-0.4, -0.2) is 70.6 Å². The fraction of sp³-hybridized carbons (Fsp3) is 0.556. The van der Waals surface area contributed by atoms with E-state index >= 15 is 0 Å². The Kier molecular flexibility index (Phi) is 4.63. The molecule has 0 N–H and O–H groups in total. The van der Waals surface area contributed by atoms with E-state index in [0.29, 0.717) is 25.5 Å². The Balaban J connectivity index is 1.53. The number of carbonyl (C=O) groups is 1. The predicted octanol–water partition coefficient (Wildman–Crippen LogP) is 1.80. The molecule has 2 aliphatic rings. The Morgan fingerprint density at radius 1 is 1.26 bits per heavy atom. The van der Waals surface area contributed by atoms with E-state index in [-0.39, 0.29) is 31.8 Å². The number of morpholine rings is 1. The monoisotopic (exact) mass is 377 g/mol. The third-order valence-corrected chi connectivity index (χ3v) is 5.04. The molecule has 144 valence electrons. The number of pyridine rings is 1. The van der Waals surface area contributed by atoms with Gasteiger partial charge in [0.2, 0.25) is 0 Å². The van der Waals surface area contributed by atoms with Crippen molar-refractivity contribution >= 4 is 22.6 Å². The van der Waals surface area contributed by atoms with Gasteiger partial charge in [0.1, 0.15) is 11.6 Å². The van der Waals surface area contributed by atoms with Gasteiger partial charge in [-0.1, -0.05) is 0 Å². The fourth-order valence-electron chi connectivity index (χ4n) is 3.57. The zero-order chi connectivity index (χ0) is 19.0.